The highest BCUT2D eigenvalue weighted by molar-refractivity contribution is 5.92. The summed E-state index contributed by atoms with van der Waals surface area (Å²) < 4.78 is 2.11. The van der Waals surface area contributed by atoms with Gasteiger partial charge in [-0.3, -0.25) is 0 Å². The van der Waals surface area contributed by atoms with Crippen LogP contribution in [0.5, 0.6) is 0 Å². The van der Waals surface area contributed by atoms with Crippen LogP contribution in [0.3, 0.4) is 0 Å². The van der Waals surface area contributed by atoms with Gasteiger partial charge in [-0.1, -0.05) is 13.8 Å². The Kier molecular flexibility index (Phi) is 4.39. The van der Waals surface area contributed by atoms with E-state index in [4.69, 9.17) is 5.11 Å². The van der Waals surface area contributed by atoms with Gasteiger partial charge in [0.2, 0.25) is 0 Å². The number of imidazole rings is 1. The summed E-state index contributed by atoms with van der Waals surface area (Å²) in [6.07, 6.45) is 1.80. The third-order valence-electron chi connectivity index (χ3n) is 3.71. The topological polar surface area (TPSA) is 58.4 Å². The summed E-state index contributed by atoms with van der Waals surface area (Å²) in [5, 5.41) is 9.00. The Bertz CT molecular complexity index is 602. The first-order valence-corrected chi connectivity index (χ1v) is 6.99. The van der Waals surface area contributed by atoms with Crippen LogP contribution in [0.25, 0.3) is 11.0 Å². The number of fused-ring (bicyclic) bond motifs is 1. The van der Waals surface area contributed by atoms with Crippen molar-refractivity contribution in [3.8, 4) is 0 Å². The van der Waals surface area contributed by atoms with Gasteiger partial charge in [-0.2, -0.15) is 0 Å². The Hall–Kier alpha value is -1.88. The molecule has 0 amide bonds. The van der Waals surface area contributed by atoms with Gasteiger partial charge in [0.25, 0.3) is 0 Å². The van der Waals surface area contributed by atoms with Crippen LogP contribution < -0.4 is 0 Å². The van der Waals surface area contributed by atoms with E-state index in [2.05, 4.69) is 35.2 Å². The summed E-state index contributed by atoms with van der Waals surface area (Å²) >= 11 is 0. The molecule has 1 aromatic carbocycles. The zero-order valence-electron chi connectivity index (χ0n) is 12.2. The maximum absolute atomic E-state index is 11.0. The number of nitrogens with zero attached hydrogens (tertiary/aromatic N) is 3. The first kappa shape index (κ1) is 14.5. The Labute approximate surface area is 118 Å². The molecule has 0 aliphatic rings. The van der Waals surface area contributed by atoms with Gasteiger partial charge in [0, 0.05) is 12.6 Å². The van der Waals surface area contributed by atoms with Crippen molar-refractivity contribution in [1.82, 2.24) is 14.5 Å². The zero-order valence-corrected chi connectivity index (χ0v) is 12.2. The Morgan fingerprint density at radius 1 is 1.40 bits per heavy atom. The van der Waals surface area contributed by atoms with Crippen molar-refractivity contribution in [1.29, 1.82) is 0 Å². The maximum atomic E-state index is 11.0. The van der Waals surface area contributed by atoms with Crippen molar-refractivity contribution in [2.24, 2.45) is 0 Å². The number of aromatic nitrogens is 2. The molecule has 0 bridgehead atoms. The van der Waals surface area contributed by atoms with Gasteiger partial charge in [0.05, 0.1) is 22.9 Å². The fourth-order valence-electron chi connectivity index (χ4n) is 2.46. The van der Waals surface area contributed by atoms with E-state index < -0.39 is 5.97 Å². The van der Waals surface area contributed by atoms with E-state index in [1.807, 2.05) is 6.07 Å². The van der Waals surface area contributed by atoms with Gasteiger partial charge in [-0.15, -0.1) is 0 Å². The fraction of sp³-hybridized carbons (Fsp3) is 0.467. The van der Waals surface area contributed by atoms with Crippen molar-refractivity contribution in [2.45, 2.75) is 26.8 Å². The minimum atomic E-state index is -0.919. The molecular formula is C15H21N3O2. The third-order valence-corrected chi connectivity index (χ3v) is 3.71. The summed E-state index contributed by atoms with van der Waals surface area (Å²) in [5.74, 6) is -0.919. The van der Waals surface area contributed by atoms with E-state index in [9.17, 15) is 4.79 Å². The second kappa shape index (κ2) is 6.05. The van der Waals surface area contributed by atoms with Crippen LogP contribution in [0.2, 0.25) is 0 Å². The summed E-state index contributed by atoms with van der Waals surface area (Å²) in [4.78, 5) is 17.7. The fourth-order valence-corrected chi connectivity index (χ4v) is 2.46. The average Bonchev–Trinajstić information content (AvgIpc) is 2.87. The lowest BCUT2D eigenvalue weighted by molar-refractivity contribution is 0.0697. The first-order valence-electron chi connectivity index (χ1n) is 6.99. The van der Waals surface area contributed by atoms with Crippen molar-refractivity contribution >= 4 is 17.0 Å². The molecule has 1 heterocycles. The van der Waals surface area contributed by atoms with Crippen molar-refractivity contribution in [3.63, 3.8) is 0 Å². The molecule has 20 heavy (non-hydrogen) atoms. The highest BCUT2D eigenvalue weighted by Crippen LogP contribution is 2.19. The molecule has 1 aromatic heterocycles. The molecule has 5 heteroatoms. The third kappa shape index (κ3) is 2.82. The molecular weight excluding hydrogens is 254 g/mol. The molecule has 108 valence electrons. The van der Waals surface area contributed by atoms with Gasteiger partial charge >= 0.3 is 5.97 Å². The van der Waals surface area contributed by atoms with Gasteiger partial charge in [0.1, 0.15) is 0 Å². The highest BCUT2D eigenvalue weighted by atomic mass is 16.4. The molecule has 0 saturated heterocycles. The lowest BCUT2D eigenvalue weighted by atomic mass is 10.2. The summed E-state index contributed by atoms with van der Waals surface area (Å²) in [7, 11) is 0. The molecule has 0 aliphatic heterocycles. The number of carboxylic acid groups (broad SMARTS) is 1. The van der Waals surface area contributed by atoms with E-state index in [-0.39, 0.29) is 5.56 Å². The van der Waals surface area contributed by atoms with Crippen LogP contribution >= 0.6 is 0 Å². The molecule has 2 rings (SSSR count). The molecule has 1 N–H and O–H groups in total. The second-order valence-electron chi connectivity index (χ2n) is 5.00. The average molecular weight is 275 g/mol. The monoisotopic (exact) mass is 275 g/mol. The normalized spacial score (nSPS) is 13.0. The summed E-state index contributed by atoms with van der Waals surface area (Å²) in [5.41, 5.74) is 1.99. The number of carboxylic acids is 1. The number of rotatable bonds is 6. The van der Waals surface area contributed by atoms with E-state index in [0.29, 0.717) is 6.04 Å². The van der Waals surface area contributed by atoms with E-state index in [0.717, 1.165) is 30.7 Å². The molecule has 0 aliphatic carbocycles. The summed E-state index contributed by atoms with van der Waals surface area (Å²) in [6.45, 7) is 9.47. The Morgan fingerprint density at radius 3 is 2.70 bits per heavy atom. The van der Waals surface area contributed by atoms with Crippen molar-refractivity contribution in [3.05, 3.63) is 30.1 Å². The van der Waals surface area contributed by atoms with Gasteiger partial charge in [-0.25, -0.2) is 9.78 Å². The van der Waals surface area contributed by atoms with Gasteiger partial charge in [0.15, 0.2) is 0 Å². The van der Waals surface area contributed by atoms with E-state index in [1.165, 1.54) is 0 Å². The van der Waals surface area contributed by atoms with Crippen LogP contribution in [0.15, 0.2) is 24.5 Å². The highest BCUT2D eigenvalue weighted by Gasteiger charge is 2.13. The number of benzene rings is 1. The Morgan fingerprint density at radius 2 is 2.10 bits per heavy atom. The van der Waals surface area contributed by atoms with Crippen LogP contribution in [0.1, 0.15) is 37.2 Å². The predicted molar refractivity (Wildman–Crippen MR) is 79.2 cm³/mol. The lowest BCUT2D eigenvalue weighted by Gasteiger charge is -2.24. The summed E-state index contributed by atoms with van der Waals surface area (Å²) in [6, 6.07) is 5.39. The quantitative estimate of drug-likeness (QED) is 0.880. The smallest absolute Gasteiger partial charge is 0.335 e. The molecule has 0 fully saturated rings. The molecule has 0 radical (unpaired) electrons. The molecule has 5 nitrogen and oxygen atoms in total. The Balaban J connectivity index is 2.29. The maximum Gasteiger partial charge on any atom is 0.335 e. The van der Waals surface area contributed by atoms with Crippen LogP contribution in [0.4, 0.5) is 0 Å². The van der Waals surface area contributed by atoms with Crippen molar-refractivity contribution < 1.29 is 9.90 Å². The van der Waals surface area contributed by atoms with Crippen molar-refractivity contribution in [2.75, 3.05) is 19.6 Å². The minimum Gasteiger partial charge on any atom is -0.478 e. The molecule has 1 atom stereocenters. The molecule has 1 unspecified atom stereocenters. The predicted octanol–water partition coefficient (Wildman–Crippen LogP) is 2.64. The number of carbonyl (C=O) groups is 1. The first-order chi connectivity index (χ1) is 9.56. The number of likely N-dealkylation sites (N-methyl/N-ethyl adjacent to an activating group) is 1. The minimum absolute atomic E-state index is 0.277. The van der Waals surface area contributed by atoms with Crippen LogP contribution in [0, 0.1) is 0 Å². The van der Waals surface area contributed by atoms with E-state index in [1.54, 1.807) is 18.5 Å². The lowest BCUT2D eigenvalue weighted by Crippen LogP contribution is -2.29. The standard InChI is InChI=1S/C15H21N3O2/c1-4-17(5-2)9-11(3)18-10-16-13-8-12(15(19)20)6-7-14(13)18/h6-8,10-11H,4-5,9H2,1-3H3,(H,19,20). The molecule has 0 saturated carbocycles. The SMILES string of the molecule is CCN(CC)CC(C)n1cnc2cc(C(=O)O)ccc21. The number of hydrogen-bond donors (Lipinski definition) is 1. The van der Waals surface area contributed by atoms with Gasteiger partial charge in [-0.05, 0) is 38.2 Å². The number of aromatic carboxylic acids is 1. The molecule has 2 aromatic rings. The van der Waals surface area contributed by atoms with Crippen LogP contribution in [-0.2, 0) is 0 Å². The van der Waals surface area contributed by atoms with E-state index >= 15 is 0 Å². The van der Waals surface area contributed by atoms with Gasteiger partial charge < -0.3 is 14.6 Å². The largest absolute Gasteiger partial charge is 0.478 e. The van der Waals surface area contributed by atoms with Crippen LogP contribution in [-0.4, -0.2) is 45.2 Å². The second-order valence-corrected chi connectivity index (χ2v) is 5.00. The molecule has 0 spiro atoms. The number of hydrogen-bond acceptors (Lipinski definition) is 3. The zero-order chi connectivity index (χ0) is 14.7.